The molecule has 0 bridgehead atoms. The van der Waals surface area contributed by atoms with Gasteiger partial charge in [-0.3, -0.25) is 4.57 Å². The summed E-state index contributed by atoms with van der Waals surface area (Å²) >= 11 is 1.47. The van der Waals surface area contributed by atoms with Crippen molar-refractivity contribution >= 4 is 28.7 Å². The van der Waals surface area contributed by atoms with Gasteiger partial charge in [-0.2, -0.15) is 0 Å². The quantitative estimate of drug-likeness (QED) is 0.282. The topological polar surface area (TPSA) is 126 Å². The minimum Gasteiger partial charge on any atom is -0.394 e. The van der Waals surface area contributed by atoms with Gasteiger partial charge in [0.15, 0.2) is 28.4 Å². The summed E-state index contributed by atoms with van der Waals surface area (Å²) in [6.45, 7) is 0.146. The average molecular weight is 480 g/mol. The average Bonchev–Trinajstić information content (AvgIpc) is 3.39. The standard InChI is InChI=1S/C24H25N5O4S/c30-12-17-19(31)20(32)23(33-17)29-22-18(28-24(29)34-13-16-9-5-2-6-10-16)21(26-14-27-22)25-11-15-7-3-1-4-8-15/h1-10,14,17,19-20,23,30-32H,11-13H2,(H,25,26,27)/t17-,19-,20-,23-/m1/s1. The summed E-state index contributed by atoms with van der Waals surface area (Å²) < 4.78 is 7.51. The van der Waals surface area contributed by atoms with Gasteiger partial charge in [0.05, 0.1) is 6.61 Å². The van der Waals surface area contributed by atoms with Crippen molar-refractivity contribution in [2.45, 2.75) is 42.0 Å². The molecule has 1 saturated heterocycles. The molecule has 34 heavy (non-hydrogen) atoms. The molecular formula is C24H25N5O4S. The molecule has 9 nitrogen and oxygen atoms in total. The van der Waals surface area contributed by atoms with E-state index in [1.807, 2.05) is 60.7 Å². The molecule has 3 heterocycles. The predicted octanol–water partition coefficient (Wildman–Crippen LogP) is 2.34. The Bertz CT molecular complexity index is 1240. The van der Waals surface area contributed by atoms with Gasteiger partial charge in [0.2, 0.25) is 0 Å². The van der Waals surface area contributed by atoms with Gasteiger partial charge in [-0.05, 0) is 11.1 Å². The minimum absolute atomic E-state index is 0.410. The molecule has 1 aliphatic rings. The molecule has 1 aliphatic heterocycles. The van der Waals surface area contributed by atoms with Crippen LogP contribution in [0.5, 0.6) is 0 Å². The van der Waals surface area contributed by atoms with E-state index in [0.29, 0.717) is 34.4 Å². The predicted molar refractivity (Wildman–Crippen MR) is 128 cm³/mol. The highest BCUT2D eigenvalue weighted by Gasteiger charge is 2.45. The van der Waals surface area contributed by atoms with E-state index in [2.05, 4.69) is 15.3 Å². The number of aliphatic hydroxyl groups excluding tert-OH is 3. The lowest BCUT2D eigenvalue weighted by Crippen LogP contribution is -2.33. The number of thioether (sulfide) groups is 1. The van der Waals surface area contributed by atoms with Gasteiger partial charge in [-0.25, -0.2) is 15.0 Å². The zero-order valence-electron chi connectivity index (χ0n) is 18.2. The van der Waals surface area contributed by atoms with E-state index in [9.17, 15) is 15.3 Å². The summed E-state index contributed by atoms with van der Waals surface area (Å²) in [5.74, 6) is 1.19. The van der Waals surface area contributed by atoms with E-state index in [1.165, 1.54) is 18.1 Å². The van der Waals surface area contributed by atoms with Crippen LogP contribution in [0.3, 0.4) is 0 Å². The Hall–Kier alpha value is -3.02. The molecule has 176 valence electrons. The van der Waals surface area contributed by atoms with Gasteiger partial charge in [0.1, 0.15) is 24.6 Å². The third kappa shape index (κ3) is 4.50. The highest BCUT2D eigenvalue weighted by atomic mass is 32.2. The van der Waals surface area contributed by atoms with E-state index in [-0.39, 0.29) is 0 Å². The first-order chi connectivity index (χ1) is 16.7. The van der Waals surface area contributed by atoms with Crippen molar-refractivity contribution in [2.24, 2.45) is 0 Å². The summed E-state index contributed by atoms with van der Waals surface area (Å²) in [6.07, 6.45) is -2.90. The summed E-state index contributed by atoms with van der Waals surface area (Å²) in [6, 6.07) is 19.9. The second kappa shape index (κ2) is 10.1. The third-order valence-electron chi connectivity index (χ3n) is 5.73. The number of aromatic nitrogens is 4. The van der Waals surface area contributed by atoms with Gasteiger partial charge in [0, 0.05) is 12.3 Å². The summed E-state index contributed by atoms with van der Waals surface area (Å²) in [5.41, 5.74) is 3.21. The van der Waals surface area contributed by atoms with Crippen molar-refractivity contribution < 1.29 is 20.1 Å². The highest BCUT2D eigenvalue weighted by Crippen LogP contribution is 2.37. The summed E-state index contributed by atoms with van der Waals surface area (Å²) in [7, 11) is 0. The van der Waals surface area contributed by atoms with Crippen LogP contribution < -0.4 is 5.32 Å². The minimum atomic E-state index is -1.25. The molecule has 0 amide bonds. The maximum Gasteiger partial charge on any atom is 0.172 e. The largest absolute Gasteiger partial charge is 0.394 e. The van der Waals surface area contributed by atoms with E-state index >= 15 is 0 Å². The first-order valence-corrected chi connectivity index (χ1v) is 11.9. The Morgan fingerprint density at radius 2 is 1.65 bits per heavy atom. The lowest BCUT2D eigenvalue weighted by atomic mass is 10.1. The first-order valence-electron chi connectivity index (χ1n) is 11.0. The number of hydrogen-bond acceptors (Lipinski definition) is 9. The number of hydrogen-bond donors (Lipinski definition) is 4. The van der Waals surface area contributed by atoms with Crippen LogP contribution in [0, 0.1) is 0 Å². The monoisotopic (exact) mass is 479 g/mol. The fraction of sp³-hybridized carbons (Fsp3) is 0.292. The van der Waals surface area contributed by atoms with Crippen LogP contribution in [0.25, 0.3) is 11.2 Å². The fourth-order valence-corrected chi connectivity index (χ4v) is 4.92. The molecule has 1 fully saturated rings. The molecule has 2 aromatic carbocycles. The Kier molecular flexibility index (Phi) is 6.75. The molecule has 0 radical (unpaired) electrons. The molecule has 5 rings (SSSR count). The molecule has 0 aliphatic carbocycles. The number of anilines is 1. The Balaban J connectivity index is 1.52. The van der Waals surface area contributed by atoms with Crippen molar-refractivity contribution in [1.29, 1.82) is 0 Å². The highest BCUT2D eigenvalue weighted by molar-refractivity contribution is 7.98. The second-order valence-electron chi connectivity index (χ2n) is 8.00. The molecule has 0 spiro atoms. The molecule has 4 aromatic rings. The van der Waals surface area contributed by atoms with Crippen LogP contribution in [0.15, 0.2) is 72.1 Å². The molecule has 4 N–H and O–H groups in total. The van der Waals surface area contributed by atoms with Crippen LogP contribution in [-0.4, -0.2) is 59.8 Å². The maximum atomic E-state index is 10.7. The van der Waals surface area contributed by atoms with Crippen molar-refractivity contribution in [3.05, 3.63) is 78.1 Å². The van der Waals surface area contributed by atoms with E-state index in [4.69, 9.17) is 9.72 Å². The number of benzene rings is 2. The number of aliphatic hydroxyl groups is 3. The van der Waals surface area contributed by atoms with Gasteiger partial charge >= 0.3 is 0 Å². The molecule has 0 unspecified atom stereocenters. The van der Waals surface area contributed by atoms with Crippen molar-refractivity contribution in [2.75, 3.05) is 11.9 Å². The van der Waals surface area contributed by atoms with E-state index in [0.717, 1.165) is 11.1 Å². The Morgan fingerprint density at radius 3 is 2.32 bits per heavy atom. The van der Waals surface area contributed by atoms with Crippen molar-refractivity contribution in [1.82, 2.24) is 19.5 Å². The number of nitrogens with one attached hydrogen (secondary N) is 1. The Morgan fingerprint density at radius 1 is 0.941 bits per heavy atom. The number of ether oxygens (including phenoxy) is 1. The summed E-state index contributed by atoms with van der Waals surface area (Å²) in [4.78, 5) is 13.6. The summed E-state index contributed by atoms with van der Waals surface area (Å²) in [5, 5.41) is 34.5. The Labute approximate surface area is 200 Å². The van der Waals surface area contributed by atoms with Gasteiger partial charge in [-0.15, -0.1) is 0 Å². The van der Waals surface area contributed by atoms with Crippen LogP contribution in [-0.2, 0) is 17.0 Å². The smallest absolute Gasteiger partial charge is 0.172 e. The van der Waals surface area contributed by atoms with Crippen LogP contribution in [0.1, 0.15) is 17.4 Å². The molecule has 2 aromatic heterocycles. The van der Waals surface area contributed by atoms with Crippen LogP contribution in [0.2, 0.25) is 0 Å². The molecule has 4 atom stereocenters. The van der Waals surface area contributed by atoms with Crippen LogP contribution in [0.4, 0.5) is 5.82 Å². The molecule has 0 saturated carbocycles. The van der Waals surface area contributed by atoms with Crippen molar-refractivity contribution in [3.63, 3.8) is 0 Å². The SMILES string of the molecule is OC[C@H]1O[C@@H](n2c(SCc3ccccc3)nc3c(NCc4ccccc4)ncnc32)[C@H](O)[C@@H]1O. The second-order valence-corrected chi connectivity index (χ2v) is 8.94. The van der Waals surface area contributed by atoms with Crippen molar-refractivity contribution in [3.8, 4) is 0 Å². The zero-order valence-corrected chi connectivity index (χ0v) is 19.0. The number of nitrogens with zero attached hydrogens (tertiary/aromatic N) is 4. The lowest BCUT2D eigenvalue weighted by Gasteiger charge is -2.19. The third-order valence-corrected chi connectivity index (χ3v) is 6.75. The zero-order chi connectivity index (χ0) is 23.5. The molecular weight excluding hydrogens is 454 g/mol. The maximum absolute atomic E-state index is 10.7. The number of fused-ring (bicyclic) bond motifs is 1. The number of imidazole rings is 1. The normalized spacial score (nSPS) is 22.3. The fourth-order valence-electron chi connectivity index (χ4n) is 3.95. The van der Waals surface area contributed by atoms with Gasteiger partial charge < -0.3 is 25.4 Å². The molecule has 10 heteroatoms. The van der Waals surface area contributed by atoms with Gasteiger partial charge in [0.25, 0.3) is 0 Å². The van der Waals surface area contributed by atoms with E-state index < -0.39 is 31.1 Å². The van der Waals surface area contributed by atoms with E-state index in [1.54, 1.807) is 4.57 Å². The number of rotatable bonds is 8. The van der Waals surface area contributed by atoms with Gasteiger partial charge in [-0.1, -0.05) is 72.4 Å². The van der Waals surface area contributed by atoms with Crippen LogP contribution >= 0.6 is 11.8 Å². The first kappa shape index (κ1) is 22.8. The lowest BCUT2D eigenvalue weighted by molar-refractivity contribution is -0.0548.